The molecule has 3 atom stereocenters. The minimum atomic E-state index is -1.14. The maximum Gasteiger partial charge on any atom is 0.221 e. The number of amides is 1. The van der Waals surface area contributed by atoms with Crippen LogP contribution in [0, 0.1) is 29.5 Å². The van der Waals surface area contributed by atoms with Crippen LogP contribution in [0.3, 0.4) is 0 Å². The summed E-state index contributed by atoms with van der Waals surface area (Å²) in [6.07, 6.45) is 2.36. The van der Waals surface area contributed by atoms with Crippen LogP contribution in [0.1, 0.15) is 43.5 Å². The summed E-state index contributed by atoms with van der Waals surface area (Å²) in [5, 5.41) is 13.5. The molecule has 0 radical (unpaired) electrons. The summed E-state index contributed by atoms with van der Waals surface area (Å²) in [4.78, 5) is 17.9. The fourth-order valence-corrected chi connectivity index (χ4v) is 5.11. The third-order valence-corrected chi connectivity index (χ3v) is 7.14. The van der Waals surface area contributed by atoms with Crippen LogP contribution >= 0.6 is 0 Å². The molecule has 4 rings (SSSR count). The highest BCUT2D eigenvalue weighted by molar-refractivity contribution is 5.90. The molecule has 0 aliphatic carbocycles. The Hall–Kier alpha value is -3.54. The van der Waals surface area contributed by atoms with Gasteiger partial charge in [0.2, 0.25) is 5.91 Å². The number of ether oxygens (including phenoxy) is 1. The largest absolute Gasteiger partial charge is 0.497 e. The van der Waals surface area contributed by atoms with E-state index in [0.29, 0.717) is 48.5 Å². The summed E-state index contributed by atoms with van der Waals surface area (Å²) in [5.41, 5.74) is 2.23. The molecule has 0 unspecified atom stereocenters. The number of benzene rings is 2. The Morgan fingerprint density at radius 2 is 2.11 bits per heavy atom. The van der Waals surface area contributed by atoms with E-state index >= 15 is 4.39 Å². The van der Waals surface area contributed by atoms with Gasteiger partial charge in [-0.1, -0.05) is 11.8 Å². The van der Waals surface area contributed by atoms with Crippen molar-refractivity contribution in [3.8, 4) is 17.6 Å². The van der Waals surface area contributed by atoms with Gasteiger partial charge in [0.25, 0.3) is 0 Å². The maximum atomic E-state index is 15.4. The number of nitrogens with zero attached hydrogens (tertiary/aromatic N) is 2. The molecule has 200 valence electrons. The number of fused-ring (bicyclic) bond motifs is 1. The molecular formula is C30H33F2N3O3. The molecule has 8 heteroatoms. The average Bonchev–Trinajstić information content (AvgIpc) is 2.92. The molecule has 2 heterocycles. The smallest absolute Gasteiger partial charge is 0.221 e. The first-order valence-corrected chi connectivity index (χ1v) is 12.8. The van der Waals surface area contributed by atoms with Crippen LogP contribution in [0.2, 0.25) is 0 Å². The molecule has 1 fully saturated rings. The van der Waals surface area contributed by atoms with Gasteiger partial charge in [-0.2, -0.15) is 0 Å². The van der Waals surface area contributed by atoms with Gasteiger partial charge in [-0.25, -0.2) is 8.78 Å². The van der Waals surface area contributed by atoms with Gasteiger partial charge in [0.15, 0.2) is 0 Å². The van der Waals surface area contributed by atoms with Crippen molar-refractivity contribution in [3.05, 3.63) is 65.6 Å². The molecule has 1 amide bonds. The molecule has 38 heavy (non-hydrogen) atoms. The van der Waals surface area contributed by atoms with Gasteiger partial charge in [0.1, 0.15) is 17.7 Å². The van der Waals surface area contributed by atoms with E-state index in [9.17, 15) is 14.3 Å². The van der Waals surface area contributed by atoms with Crippen molar-refractivity contribution in [2.45, 2.75) is 32.4 Å². The summed E-state index contributed by atoms with van der Waals surface area (Å²) in [7, 11) is 1.58. The number of carbonyl (C=O) groups is 1. The minimum Gasteiger partial charge on any atom is -0.497 e. The van der Waals surface area contributed by atoms with E-state index in [1.54, 1.807) is 19.4 Å². The van der Waals surface area contributed by atoms with Gasteiger partial charge in [0.05, 0.1) is 30.4 Å². The van der Waals surface area contributed by atoms with Crippen molar-refractivity contribution < 1.29 is 23.4 Å². The van der Waals surface area contributed by atoms with Crippen LogP contribution in [-0.2, 0) is 4.79 Å². The standard InChI is InChI=1S/C30H33F2N3O3/c1-20(37)34-29-9-6-24(31)16-22(29)4-3-14-35-15-12-21(23(18-35)19-36)5-8-28(32)26-11-13-33-30-10-7-25(38-2)17-27(26)30/h6-7,9-11,13,16-17,21,23,28,36H,5,8,12,14-15,18-19H2,1-2H3,(H,34,37)/t21-,23-,28+/m1/s1. The van der Waals surface area contributed by atoms with Crippen molar-refractivity contribution in [2.75, 3.05) is 38.7 Å². The number of likely N-dealkylation sites (tertiary alicyclic amines) is 1. The van der Waals surface area contributed by atoms with Crippen molar-refractivity contribution in [2.24, 2.45) is 11.8 Å². The van der Waals surface area contributed by atoms with Gasteiger partial charge in [0, 0.05) is 31.7 Å². The van der Waals surface area contributed by atoms with Crippen LogP contribution in [0.15, 0.2) is 48.7 Å². The predicted octanol–water partition coefficient (Wildman–Crippen LogP) is 5.11. The van der Waals surface area contributed by atoms with Gasteiger partial charge in [-0.3, -0.25) is 14.7 Å². The van der Waals surface area contributed by atoms with Crippen molar-refractivity contribution in [1.82, 2.24) is 9.88 Å². The first kappa shape index (κ1) is 27.5. The molecular weight excluding hydrogens is 488 g/mol. The highest BCUT2D eigenvalue weighted by atomic mass is 19.1. The number of aromatic nitrogens is 1. The van der Waals surface area contributed by atoms with E-state index in [1.165, 1.54) is 25.1 Å². The quantitative estimate of drug-likeness (QED) is 0.403. The zero-order valence-electron chi connectivity index (χ0n) is 21.7. The van der Waals surface area contributed by atoms with E-state index < -0.39 is 12.0 Å². The second-order valence-corrected chi connectivity index (χ2v) is 9.73. The monoisotopic (exact) mass is 521 g/mol. The third kappa shape index (κ3) is 6.85. The molecule has 0 spiro atoms. The highest BCUT2D eigenvalue weighted by Crippen LogP contribution is 2.35. The van der Waals surface area contributed by atoms with E-state index in [4.69, 9.17) is 4.74 Å². The number of rotatable bonds is 8. The number of halogens is 2. The lowest BCUT2D eigenvalue weighted by atomic mass is 9.81. The molecule has 2 N–H and O–H groups in total. The fraction of sp³-hybridized carbons (Fsp3) is 0.400. The van der Waals surface area contributed by atoms with Crippen LogP contribution in [0.25, 0.3) is 10.9 Å². The van der Waals surface area contributed by atoms with Gasteiger partial charge in [-0.05, 0) is 85.7 Å². The van der Waals surface area contributed by atoms with Crippen molar-refractivity contribution in [1.29, 1.82) is 0 Å². The summed E-state index contributed by atoms with van der Waals surface area (Å²) >= 11 is 0. The second kappa shape index (κ2) is 12.8. The first-order chi connectivity index (χ1) is 18.4. The predicted molar refractivity (Wildman–Crippen MR) is 144 cm³/mol. The lowest BCUT2D eigenvalue weighted by Crippen LogP contribution is -2.42. The Morgan fingerprint density at radius 3 is 2.87 bits per heavy atom. The molecule has 0 saturated carbocycles. The lowest BCUT2D eigenvalue weighted by Gasteiger charge is -2.37. The van der Waals surface area contributed by atoms with E-state index in [0.717, 1.165) is 23.9 Å². The number of hydrogen-bond acceptors (Lipinski definition) is 5. The molecule has 1 aliphatic rings. The molecule has 3 aromatic rings. The number of hydrogen-bond donors (Lipinski definition) is 2. The molecule has 1 saturated heterocycles. The molecule has 1 aromatic heterocycles. The number of piperidine rings is 1. The number of carbonyl (C=O) groups excluding carboxylic acids is 1. The first-order valence-electron chi connectivity index (χ1n) is 12.8. The number of anilines is 1. The van der Waals surface area contributed by atoms with Crippen LogP contribution in [-0.4, -0.2) is 54.2 Å². The van der Waals surface area contributed by atoms with Crippen molar-refractivity contribution in [3.63, 3.8) is 0 Å². The minimum absolute atomic E-state index is 0.0242. The van der Waals surface area contributed by atoms with E-state index in [1.807, 2.05) is 18.2 Å². The summed E-state index contributed by atoms with van der Waals surface area (Å²) in [6.45, 7) is 3.31. The number of methoxy groups -OCH3 is 1. The molecule has 0 bridgehead atoms. The van der Waals surface area contributed by atoms with Crippen LogP contribution in [0.5, 0.6) is 5.75 Å². The van der Waals surface area contributed by atoms with E-state index in [2.05, 4.69) is 27.0 Å². The maximum absolute atomic E-state index is 15.4. The molecule has 1 aliphatic heterocycles. The summed E-state index contributed by atoms with van der Waals surface area (Å²) in [5.74, 6) is 6.26. The van der Waals surface area contributed by atoms with Crippen LogP contribution < -0.4 is 10.1 Å². The summed E-state index contributed by atoms with van der Waals surface area (Å²) in [6, 6.07) is 11.3. The zero-order chi connectivity index (χ0) is 27.1. The Kier molecular flexibility index (Phi) is 9.27. The average molecular weight is 522 g/mol. The fourth-order valence-electron chi connectivity index (χ4n) is 5.11. The van der Waals surface area contributed by atoms with Gasteiger partial charge < -0.3 is 15.2 Å². The zero-order valence-corrected chi connectivity index (χ0v) is 21.7. The van der Waals surface area contributed by atoms with Gasteiger partial charge in [-0.15, -0.1) is 0 Å². The third-order valence-electron chi connectivity index (χ3n) is 7.14. The topological polar surface area (TPSA) is 74.7 Å². The molecule has 6 nitrogen and oxygen atoms in total. The number of nitrogens with one attached hydrogen (secondary N) is 1. The number of pyridine rings is 1. The van der Waals surface area contributed by atoms with Crippen molar-refractivity contribution >= 4 is 22.5 Å². The second-order valence-electron chi connectivity index (χ2n) is 9.73. The lowest BCUT2D eigenvalue weighted by molar-refractivity contribution is -0.114. The molecule has 2 aromatic carbocycles. The number of alkyl halides is 1. The van der Waals surface area contributed by atoms with E-state index in [-0.39, 0.29) is 24.3 Å². The number of aliphatic hydroxyl groups excluding tert-OH is 1. The van der Waals surface area contributed by atoms with Gasteiger partial charge >= 0.3 is 0 Å². The Balaban J connectivity index is 1.35. The van der Waals surface area contributed by atoms with Crippen LogP contribution in [0.4, 0.5) is 14.5 Å². The Morgan fingerprint density at radius 1 is 1.26 bits per heavy atom. The normalized spacial score (nSPS) is 18.4. The summed E-state index contributed by atoms with van der Waals surface area (Å²) < 4.78 is 34.4. The Bertz CT molecular complexity index is 1340. The highest BCUT2D eigenvalue weighted by Gasteiger charge is 2.29. The Labute approximate surface area is 222 Å². The SMILES string of the molecule is COc1ccc2nccc([C@@H](F)CC[C@@H]3CCN(CC#Cc4cc(F)ccc4NC(C)=O)C[C@@H]3CO)c2c1. The number of aliphatic hydroxyl groups is 1.